The van der Waals surface area contributed by atoms with Gasteiger partial charge in [-0.3, -0.25) is 0 Å². The maximum absolute atomic E-state index is 3.79. The van der Waals surface area contributed by atoms with E-state index in [2.05, 4.69) is 102 Å². The van der Waals surface area contributed by atoms with E-state index in [0.29, 0.717) is 0 Å². The zero-order chi connectivity index (χ0) is 12.6. The van der Waals surface area contributed by atoms with Crippen molar-refractivity contribution in [3.63, 3.8) is 0 Å². The summed E-state index contributed by atoms with van der Waals surface area (Å²) in [6.07, 6.45) is 0. The Morgan fingerprint density at radius 2 is 1.94 bits per heavy atom. The lowest BCUT2D eigenvalue weighted by Gasteiger charge is -2.11. The molecule has 0 fully saturated rings. The number of halogens is 4. The normalized spacial score (nSPS) is 12.8. The van der Waals surface area contributed by atoms with Gasteiger partial charge < -0.3 is 0 Å². The Morgan fingerprint density at radius 1 is 1.24 bits per heavy atom. The molecule has 0 saturated carbocycles. The van der Waals surface area contributed by atoms with E-state index in [4.69, 9.17) is 0 Å². The molecule has 0 N–H and O–H groups in total. The molecule has 90 valence electrons. The van der Waals surface area contributed by atoms with Crippen LogP contribution in [0.3, 0.4) is 0 Å². The van der Waals surface area contributed by atoms with Gasteiger partial charge >= 0.3 is 0 Å². The lowest BCUT2D eigenvalue weighted by molar-refractivity contribution is 1.20. The van der Waals surface area contributed by atoms with E-state index in [1.807, 2.05) is 0 Å². The van der Waals surface area contributed by atoms with Crippen molar-refractivity contribution >= 4 is 81.7 Å². The van der Waals surface area contributed by atoms with Crippen LogP contribution in [0.15, 0.2) is 32.5 Å². The number of thiophene rings is 1. The smallest absolute Gasteiger partial charge is 0.0749 e. The Hall–Kier alpha value is 1.09. The molecule has 0 bridgehead atoms. The van der Waals surface area contributed by atoms with Crippen molar-refractivity contribution in [2.24, 2.45) is 0 Å². The van der Waals surface area contributed by atoms with Crippen LogP contribution in [0, 0.1) is 10.5 Å². The molecule has 2 aromatic rings. The molecule has 1 unspecified atom stereocenters. The second-order valence-electron chi connectivity index (χ2n) is 3.63. The van der Waals surface area contributed by atoms with Crippen molar-refractivity contribution < 1.29 is 0 Å². The average molecular weight is 551 g/mol. The Bertz CT molecular complexity index is 531. The molecule has 0 saturated heterocycles. The topological polar surface area (TPSA) is 0 Å². The van der Waals surface area contributed by atoms with Crippen molar-refractivity contribution in [2.45, 2.75) is 11.8 Å². The highest BCUT2D eigenvalue weighted by molar-refractivity contribution is 14.1. The quantitative estimate of drug-likeness (QED) is 0.289. The summed E-state index contributed by atoms with van der Waals surface area (Å²) < 4.78 is 3.60. The molecule has 17 heavy (non-hydrogen) atoms. The summed E-state index contributed by atoms with van der Waals surface area (Å²) in [5.41, 5.74) is 2.59. The minimum atomic E-state index is 0.252. The molecule has 0 spiro atoms. The predicted molar refractivity (Wildman–Crippen MR) is 94.4 cm³/mol. The van der Waals surface area contributed by atoms with Crippen LogP contribution in [-0.4, -0.2) is 0 Å². The van der Waals surface area contributed by atoms with Gasteiger partial charge in [0.2, 0.25) is 0 Å². The molecule has 0 radical (unpaired) electrons. The van der Waals surface area contributed by atoms with Crippen molar-refractivity contribution in [3.05, 3.63) is 52.1 Å². The first kappa shape index (κ1) is 14.5. The van der Waals surface area contributed by atoms with E-state index in [-0.39, 0.29) is 4.83 Å². The summed E-state index contributed by atoms with van der Waals surface area (Å²) in [6, 6.07) is 8.60. The first-order valence-corrected chi connectivity index (χ1v) is 9.23. The first-order chi connectivity index (χ1) is 7.99. The van der Waals surface area contributed by atoms with Crippen LogP contribution in [0.1, 0.15) is 20.8 Å². The van der Waals surface area contributed by atoms with Crippen LogP contribution >= 0.6 is 81.7 Å². The number of rotatable bonds is 2. The van der Waals surface area contributed by atoms with Gasteiger partial charge in [-0.25, -0.2) is 0 Å². The largest absolute Gasteiger partial charge is 0.131 e. The first-order valence-electron chi connectivity index (χ1n) is 4.84. The molecule has 1 aromatic heterocycles. The fourth-order valence-electron chi connectivity index (χ4n) is 1.47. The Kier molecular flexibility index (Phi) is 5.14. The van der Waals surface area contributed by atoms with Crippen LogP contribution in [0.2, 0.25) is 0 Å². The van der Waals surface area contributed by atoms with E-state index >= 15 is 0 Å². The third-order valence-corrected chi connectivity index (χ3v) is 7.32. The minimum absolute atomic E-state index is 0.252. The summed E-state index contributed by atoms with van der Waals surface area (Å²) >= 11 is 15.1. The second-order valence-corrected chi connectivity index (χ2v) is 9.03. The molecular formula is C12H8Br3IS. The molecule has 0 aliphatic carbocycles. The molecule has 0 aliphatic heterocycles. The maximum atomic E-state index is 3.79. The van der Waals surface area contributed by atoms with E-state index < -0.39 is 0 Å². The zero-order valence-electron chi connectivity index (χ0n) is 8.81. The summed E-state index contributed by atoms with van der Waals surface area (Å²) in [7, 11) is 0. The molecule has 0 aliphatic rings. The van der Waals surface area contributed by atoms with Gasteiger partial charge in [0, 0.05) is 12.9 Å². The van der Waals surface area contributed by atoms with Gasteiger partial charge in [-0.05, 0) is 80.8 Å². The van der Waals surface area contributed by atoms with Gasteiger partial charge in [-0.15, -0.1) is 11.3 Å². The zero-order valence-corrected chi connectivity index (χ0v) is 16.5. The lowest BCUT2D eigenvalue weighted by Crippen LogP contribution is -1.93. The summed E-state index contributed by atoms with van der Waals surface area (Å²) in [4.78, 5) is 1.58. The number of aryl methyl sites for hydroxylation is 1. The molecule has 1 atom stereocenters. The van der Waals surface area contributed by atoms with Gasteiger partial charge in [0.1, 0.15) is 0 Å². The van der Waals surface area contributed by atoms with Gasteiger partial charge in [0.15, 0.2) is 0 Å². The number of hydrogen-bond donors (Lipinski definition) is 0. The maximum Gasteiger partial charge on any atom is 0.0749 e. The third kappa shape index (κ3) is 3.35. The van der Waals surface area contributed by atoms with Gasteiger partial charge in [-0.2, -0.15) is 0 Å². The van der Waals surface area contributed by atoms with Crippen molar-refractivity contribution in [1.29, 1.82) is 0 Å². The lowest BCUT2D eigenvalue weighted by atomic mass is 10.1. The third-order valence-electron chi connectivity index (χ3n) is 2.36. The predicted octanol–water partition coefficient (Wildman–Crippen LogP) is 6.67. The molecule has 2 rings (SSSR count). The average Bonchev–Trinajstić information content (AvgIpc) is 2.62. The standard InChI is InChI=1S/C12H8Br3IS/c1-6-4-10(17-12(6)15)11(14)8-5-7(13)2-3-9(8)16/h2-5,11H,1H3. The van der Waals surface area contributed by atoms with Gasteiger partial charge in [-0.1, -0.05) is 31.9 Å². The number of alkyl halides is 1. The van der Waals surface area contributed by atoms with E-state index in [1.165, 1.54) is 23.4 Å². The van der Waals surface area contributed by atoms with Crippen LogP contribution in [0.5, 0.6) is 0 Å². The fraction of sp³-hybridized carbons (Fsp3) is 0.167. The molecule has 5 heteroatoms. The SMILES string of the molecule is Cc1cc(C(Br)c2cc(Br)ccc2I)sc1Br. The van der Waals surface area contributed by atoms with Crippen LogP contribution in [0.25, 0.3) is 0 Å². The Labute approximate surface area is 144 Å². The minimum Gasteiger partial charge on any atom is -0.131 e. The Balaban J connectivity index is 2.42. The van der Waals surface area contributed by atoms with Crippen LogP contribution in [0.4, 0.5) is 0 Å². The molecular weight excluding hydrogens is 543 g/mol. The van der Waals surface area contributed by atoms with Gasteiger partial charge in [0.25, 0.3) is 0 Å². The fourth-order valence-corrected chi connectivity index (χ4v) is 5.28. The number of benzene rings is 1. The monoisotopic (exact) mass is 548 g/mol. The molecule has 0 nitrogen and oxygen atoms in total. The van der Waals surface area contributed by atoms with E-state index in [0.717, 1.165) is 4.47 Å². The second kappa shape index (κ2) is 6.03. The highest BCUT2D eigenvalue weighted by Crippen LogP contribution is 2.41. The van der Waals surface area contributed by atoms with Crippen molar-refractivity contribution in [3.8, 4) is 0 Å². The van der Waals surface area contributed by atoms with Crippen molar-refractivity contribution in [1.82, 2.24) is 0 Å². The molecule has 1 heterocycles. The molecule has 1 aromatic carbocycles. The highest BCUT2D eigenvalue weighted by atomic mass is 127. The van der Waals surface area contributed by atoms with E-state index in [1.54, 1.807) is 11.3 Å². The van der Waals surface area contributed by atoms with Crippen molar-refractivity contribution in [2.75, 3.05) is 0 Å². The number of hydrogen-bond acceptors (Lipinski definition) is 1. The summed E-state index contributed by atoms with van der Waals surface area (Å²) in [5.74, 6) is 0. The Morgan fingerprint density at radius 3 is 2.53 bits per heavy atom. The summed E-state index contributed by atoms with van der Waals surface area (Å²) in [6.45, 7) is 2.12. The molecule has 0 amide bonds. The van der Waals surface area contributed by atoms with Crippen LogP contribution < -0.4 is 0 Å². The summed E-state index contributed by atoms with van der Waals surface area (Å²) in [5, 5.41) is 0. The van der Waals surface area contributed by atoms with E-state index in [9.17, 15) is 0 Å². The van der Waals surface area contributed by atoms with Crippen LogP contribution in [-0.2, 0) is 0 Å². The van der Waals surface area contributed by atoms with Gasteiger partial charge in [0.05, 0.1) is 8.61 Å². The highest BCUT2D eigenvalue weighted by Gasteiger charge is 2.17.